The van der Waals surface area contributed by atoms with Gasteiger partial charge in [-0.25, -0.2) is 0 Å². The molecule has 1 aliphatic heterocycles. The molecule has 254 valence electrons. The van der Waals surface area contributed by atoms with Crippen molar-refractivity contribution in [2.75, 3.05) is 26.7 Å². The minimum Gasteiger partial charge on any atom is -0.496 e. The quantitative estimate of drug-likeness (QED) is 0.220. The Kier molecular flexibility index (Phi) is 10.9. The van der Waals surface area contributed by atoms with Gasteiger partial charge in [0.1, 0.15) is 11.4 Å². The van der Waals surface area contributed by atoms with Gasteiger partial charge in [0.15, 0.2) is 0 Å². The number of para-hydroxylation sites is 1. The van der Waals surface area contributed by atoms with Crippen LogP contribution in [0.15, 0.2) is 78.9 Å². The lowest BCUT2D eigenvalue weighted by atomic mass is 9.62. The van der Waals surface area contributed by atoms with Crippen molar-refractivity contribution in [3.63, 3.8) is 0 Å². The van der Waals surface area contributed by atoms with Gasteiger partial charge in [-0.15, -0.1) is 0 Å². The molecule has 0 saturated carbocycles. The van der Waals surface area contributed by atoms with Crippen molar-refractivity contribution in [2.45, 2.75) is 82.3 Å². The van der Waals surface area contributed by atoms with Gasteiger partial charge in [-0.05, 0) is 81.7 Å². The van der Waals surface area contributed by atoms with Crippen LogP contribution in [0.2, 0.25) is 0 Å². The van der Waals surface area contributed by atoms with Gasteiger partial charge < -0.3 is 25.0 Å². The Morgan fingerprint density at radius 3 is 2.25 bits per heavy atom. The van der Waals surface area contributed by atoms with Crippen LogP contribution in [0, 0.1) is 0 Å². The fourth-order valence-corrected chi connectivity index (χ4v) is 7.02. The Labute approximate surface area is 283 Å². The molecule has 1 saturated heterocycles. The van der Waals surface area contributed by atoms with Crippen LogP contribution in [-0.2, 0) is 24.5 Å². The maximum Gasteiger partial charge on any atom is 0.306 e. The van der Waals surface area contributed by atoms with Crippen LogP contribution in [0.25, 0.3) is 0 Å². The molecule has 3 aromatic rings. The van der Waals surface area contributed by atoms with Crippen molar-refractivity contribution in [1.29, 1.82) is 0 Å². The highest BCUT2D eigenvalue weighted by atomic mass is 16.6. The maximum absolute atomic E-state index is 14.2. The highest BCUT2D eigenvalue weighted by Gasteiger charge is 2.48. The first-order valence-corrected chi connectivity index (χ1v) is 16.9. The molecule has 0 radical (unpaired) electrons. The average molecular weight is 654 g/mol. The van der Waals surface area contributed by atoms with Crippen molar-refractivity contribution in [3.8, 4) is 5.75 Å². The van der Waals surface area contributed by atoms with Gasteiger partial charge in [0.05, 0.1) is 24.0 Å². The van der Waals surface area contributed by atoms with Crippen molar-refractivity contribution in [3.05, 3.63) is 101 Å². The predicted octanol–water partition coefficient (Wildman–Crippen LogP) is 5.52. The molecule has 1 fully saturated rings. The molecule has 0 spiro atoms. The second-order valence-electron chi connectivity index (χ2n) is 13.7. The molecule has 2 aliphatic rings. The zero-order chi connectivity index (χ0) is 34.3. The number of carbonyl (C=O) groups is 4. The van der Waals surface area contributed by atoms with E-state index in [1.165, 1.54) is 0 Å². The summed E-state index contributed by atoms with van der Waals surface area (Å²) in [5, 5.41) is 6.23. The number of fused-ring (bicyclic) bond motifs is 1. The topological polar surface area (TPSA) is 114 Å². The SMILES string of the molecule is COc1ccccc1C(=O)NC1CCN(C(=O)[C@H]2CC[C@@](C(=O)NCCCC(=O)OC(C)(C)C)(c3ccccc3)c3ccccc32)CC1. The Hall–Kier alpha value is -4.66. The van der Waals surface area contributed by atoms with Crippen LogP contribution in [0.5, 0.6) is 5.75 Å². The van der Waals surface area contributed by atoms with E-state index >= 15 is 0 Å². The van der Waals surface area contributed by atoms with Gasteiger partial charge >= 0.3 is 5.97 Å². The van der Waals surface area contributed by atoms with E-state index in [0.29, 0.717) is 63.1 Å². The highest BCUT2D eigenvalue weighted by molar-refractivity contribution is 5.97. The van der Waals surface area contributed by atoms with Gasteiger partial charge in [0.2, 0.25) is 11.8 Å². The molecule has 0 aromatic heterocycles. The standard InChI is InChI=1S/C39H47N3O6/c1-38(2,3)48-34(43)19-12-24-40-37(46)39(27-13-6-5-7-14-27)23-20-30(29-15-8-10-17-32(29)39)36(45)42-25-21-28(22-26-42)41-35(44)31-16-9-11-18-33(31)47-4/h5-11,13-18,28,30H,12,19-26H2,1-4H3,(H,40,46)(H,41,44)/t30-,39+/m0/s1. The van der Waals surface area contributed by atoms with Gasteiger partial charge in [-0.2, -0.15) is 0 Å². The number of piperidine rings is 1. The van der Waals surface area contributed by atoms with Gasteiger partial charge in [-0.1, -0.05) is 66.7 Å². The van der Waals surface area contributed by atoms with Crippen LogP contribution in [0.3, 0.4) is 0 Å². The van der Waals surface area contributed by atoms with Crippen LogP contribution in [-0.4, -0.2) is 67.0 Å². The summed E-state index contributed by atoms with van der Waals surface area (Å²) in [6, 6.07) is 24.7. The lowest BCUT2D eigenvalue weighted by Crippen LogP contribution is -2.51. The van der Waals surface area contributed by atoms with Gasteiger partial charge in [-0.3, -0.25) is 19.2 Å². The number of nitrogens with zero attached hydrogens (tertiary/aromatic N) is 1. The Morgan fingerprint density at radius 1 is 0.875 bits per heavy atom. The molecule has 3 amide bonds. The highest BCUT2D eigenvalue weighted by Crippen LogP contribution is 2.48. The molecule has 2 atom stereocenters. The summed E-state index contributed by atoms with van der Waals surface area (Å²) < 4.78 is 10.8. The largest absolute Gasteiger partial charge is 0.496 e. The van der Waals surface area contributed by atoms with E-state index < -0.39 is 11.0 Å². The summed E-state index contributed by atoms with van der Waals surface area (Å²) in [6.45, 7) is 6.91. The number of benzene rings is 3. The fourth-order valence-electron chi connectivity index (χ4n) is 7.02. The number of hydrogen-bond donors (Lipinski definition) is 2. The van der Waals surface area contributed by atoms with Gasteiger partial charge in [0.25, 0.3) is 5.91 Å². The number of likely N-dealkylation sites (tertiary alicyclic amines) is 1. The minimum absolute atomic E-state index is 0.0464. The molecule has 1 aliphatic carbocycles. The zero-order valence-electron chi connectivity index (χ0n) is 28.4. The minimum atomic E-state index is -0.976. The first-order valence-electron chi connectivity index (χ1n) is 16.9. The summed E-state index contributed by atoms with van der Waals surface area (Å²) in [5.74, 6) is -0.405. The molecular formula is C39H47N3O6. The second kappa shape index (κ2) is 15.0. The molecule has 0 bridgehead atoms. The number of carbonyl (C=O) groups excluding carboxylic acids is 4. The molecule has 9 heteroatoms. The van der Waals surface area contributed by atoms with Crippen LogP contribution in [0.4, 0.5) is 0 Å². The van der Waals surface area contributed by atoms with Crippen molar-refractivity contribution < 1.29 is 28.7 Å². The molecule has 5 rings (SSSR count). The molecular weight excluding hydrogens is 606 g/mol. The van der Waals surface area contributed by atoms with E-state index in [4.69, 9.17) is 9.47 Å². The summed E-state index contributed by atoms with van der Waals surface area (Å²) in [4.78, 5) is 55.5. The third kappa shape index (κ3) is 7.72. The Balaban J connectivity index is 1.28. The van der Waals surface area contributed by atoms with Crippen LogP contribution in [0.1, 0.15) is 92.3 Å². The van der Waals surface area contributed by atoms with E-state index in [1.807, 2.05) is 92.4 Å². The smallest absolute Gasteiger partial charge is 0.306 e. The van der Waals surface area contributed by atoms with E-state index in [9.17, 15) is 19.2 Å². The monoisotopic (exact) mass is 653 g/mol. The van der Waals surface area contributed by atoms with E-state index in [-0.39, 0.29) is 42.1 Å². The normalized spacial score (nSPS) is 19.5. The van der Waals surface area contributed by atoms with Crippen molar-refractivity contribution in [1.82, 2.24) is 15.5 Å². The third-order valence-electron chi connectivity index (χ3n) is 9.31. The third-order valence-corrected chi connectivity index (χ3v) is 9.31. The first-order chi connectivity index (χ1) is 23.0. The number of hydrogen-bond acceptors (Lipinski definition) is 6. The summed E-state index contributed by atoms with van der Waals surface area (Å²) in [5.41, 5.74) is 1.54. The molecule has 48 heavy (non-hydrogen) atoms. The summed E-state index contributed by atoms with van der Waals surface area (Å²) in [7, 11) is 1.55. The number of nitrogens with one attached hydrogen (secondary N) is 2. The number of ether oxygens (including phenoxy) is 2. The summed E-state index contributed by atoms with van der Waals surface area (Å²) >= 11 is 0. The predicted molar refractivity (Wildman–Crippen MR) is 184 cm³/mol. The molecule has 3 aromatic carbocycles. The molecule has 2 N–H and O–H groups in total. The fraction of sp³-hybridized carbons (Fsp3) is 0.436. The Bertz CT molecular complexity index is 1610. The average Bonchev–Trinajstić information content (AvgIpc) is 3.09. The molecule has 0 unspecified atom stereocenters. The summed E-state index contributed by atoms with van der Waals surface area (Å²) in [6.07, 6.45) is 2.96. The molecule has 1 heterocycles. The second-order valence-corrected chi connectivity index (χ2v) is 13.7. The number of esters is 1. The van der Waals surface area contributed by atoms with E-state index in [0.717, 1.165) is 16.7 Å². The number of amides is 3. The maximum atomic E-state index is 14.2. The van der Waals surface area contributed by atoms with Gasteiger partial charge in [0, 0.05) is 32.1 Å². The van der Waals surface area contributed by atoms with Crippen LogP contribution < -0.4 is 15.4 Å². The lowest BCUT2D eigenvalue weighted by Gasteiger charge is -2.42. The Morgan fingerprint density at radius 2 is 1.54 bits per heavy atom. The van der Waals surface area contributed by atoms with Crippen molar-refractivity contribution >= 4 is 23.7 Å². The van der Waals surface area contributed by atoms with Crippen LogP contribution >= 0.6 is 0 Å². The number of methoxy groups -OCH3 is 1. The van der Waals surface area contributed by atoms with E-state index in [2.05, 4.69) is 10.6 Å². The lowest BCUT2D eigenvalue weighted by molar-refractivity contribution is -0.155. The first kappa shape index (κ1) is 34.7. The van der Waals surface area contributed by atoms with E-state index in [1.54, 1.807) is 19.2 Å². The zero-order valence-corrected chi connectivity index (χ0v) is 28.4. The molecule has 9 nitrogen and oxygen atoms in total. The number of rotatable bonds is 10. The van der Waals surface area contributed by atoms with Crippen molar-refractivity contribution in [2.24, 2.45) is 0 Å².